The summed E-state index contributed by atoms with van der Waals surface area (Å²) in [5, 5.41) is 12.7. The van der Waals surface area contributed by atoms with E-state index in [1.165, 1.54) is 29.6 Å². The number of rotatable bonds is 0. The van der Waals surface area contributed by atoms with E-state index < -0.39 is 0 Å². The van der Waals surface area contributed by atoms with Gasteiger partial charge < -0.3 is 5.21 Å². The van der Waals surface area contributed by atoms with Crippen LogP contribution in [0.1, 0.15) is 63.5 Å². The number of nitrogens with zero attached hydrogens (tertiary/aromatic N) is 1. The van der Waals surface area contributed by atoms with E-state index in [2.05, 4.69) is 32.0 Å². The zero-order valence-electron chi connectivity index (χ0n) is 12.0. The zero-order chi connectivity index (χ0) is 13.5. The van der Waals surface area contributed by atoms with E-state index in [0.717, 1.165) is 24.8 Å². The number of hydrogen-bond donors (Lipinski definition) is 0. The van der Waals surface area contributed by atoms with Gasteiger partial charge in [0.05, 0.1) is 0 Å². The first kappa shape index (κ1) is 12.7. The maximum absolute atomic E-state index is 12.7. The molecule has 0 atom stereocenters. The lowest BCUT2D eigenvalue weighted by molar-refractivity contribution is -0.553. The second-order valence-electron chi connectivity index (χ2n) is 6.89. The fourth-order valence-corrected chi connectivity index (χ4v) is 4.09. The molecule has 2 heteroatoms. The number of hydroxylamine groups is 1. The van der Waals surface area contributed by atoms with Gasteiger partial charge in [-0.2, -0.15) is 0 Å². The summed E-state index contributed by atoms with van der Waals surface area (Å²) in [6, 6.07) is 8.37. The highest BCUT2D eigenvalue weighted by molar-refractivity contribution is 5.79. The molecule has 0 radical (unpaired) electrons. The average molecular weight is 257 g/mol. The van der Waals surface area contributed by atoms with Gasteiger partial charge in [-0.25, -0.2) is 4.74 Å². The Balaban J connectivity index is 2.11. The Bertz CT molecular complexity index is 510. The Hall–Kier alpha value is -1.31. The Labute approximate surface area is 115 Å². The van der Waals surface area contributed by atoms with Gasteiger partial charge in [0.2, 0.25) is 0 Å². The molecule has 0 amide bonds. The van der Waals surface area contributed by atoms with E-state index in [-0.39, 0.29) is 11.0 Å². The zero-order valence-corrected chi connectivity index (χ0v) is 12.0. The Morgan fingerprint density at radius 2 is 1.74 bits per heavy atom. The summed E-state index contributed by atoms with van der Waals surface area (Å²) in [4.78, 5) is 0. The molecule has 1 heterocycles. The summed E-state index contributed by atoms with van der Waals surface area (Å²) in [6.07, 6.45) is 8.57. The fraction of sp³-hybridized carbons (Fsp3) is 0.588. The van der Waals surface area contributed by atoms with Crippen LogP contribution < -0.4 is 0 Å². The minimum atomic E-state index is -0.166. The van der Waals surface area contributed by atoms with Gasteiger partial charge in [-0.05, 0) is 29.9 Å². The van der Waals surface area contributed by atoms with Gasteiger partial charge >= 0.3 is 0 Å². The Morgan fingerprint density at radius 3 is 2.47 bits per heavy atom. The molecule has 0 bridgehead atoms. The van der Waals surface area contributed by atoms with Crippen LogP contribution in [-0.4, -0.2) is 16.5 Å². The summed E-state index contributed by atoms with van der Waals surface area (Å²) in [5.41, 5.74) is 2.33. The summed E-state index contributed by atoms with van der Waals surface area (Å²) >= 11 is 0. The molecule has 0 N–H and O–H groups in total. The highest BCUT2D eigenvalue weighted by Gasteiger charge is 2.46. The summed E-state index contributed by atoms with van der Waals surface area (Å²) < 4.78 is 1.29. The molecular weight excluding hydrogens is 234 g/mol. The van der Waals surface area contributed by atoms with Crippen LogP contribution in [0.25, 0.3) is 0 Å². The van der Waals surface area contributed by atoms with Crippen molar-refractivity contribution in [3.8, 4) is 0 Å². The van der Waals surface area contributed by atoms with Crippen LogP contribution in [0.2, 0.25) is 0 Å². The first-order valence-corrected chi connectivity index (χ1v) is 7.44. The predicted molar refractivity (Wildman–Crippen MR) is 78.7 cm³/mol. The van der Waals surface area contributed by atoms with Crippen LogP contribution in [0.15, 0.2) is 24.3 Å². The van der Waals surface area contributed by atoms with E-state index in [4.69, 9.17) is 0 Å². The van der Waals surface area contributed by atoms with Crippen molar-refractivity contribution in [2.45, 2.75) is 63.3 Å². The SMILES string of the molecule is CC1(C)CC2(CCCCC2)[N+]([O-])=Cc2ccccc21. The van der Waals surface area contributed by atoms with Gasteiger partial charge in [0.25, 0.3) is 0 Å². The van der Waals surface area contributed by atoms with E-state index in [1.807, 2.05) is 12.3 Å². The largest absolute Gasteiger partial charge is 0.623 e. The fourth-order valence-electron chi connectivity index (χ4n) is 4.09. The molecule has 2 nitrogen and oxygen atoms in total. The molecule has 1 saturated carbocycles. The van der Waals surface area contributed by atoms with E-state index in [1.54, 1.807) is 0 Å². The summed E-state index contributed by atoms with van der Waals surface area (Å²) in [7, 11) is 0. The van der Waals surface area contributed by atoms with Crippen molar-refractivity contribution in [3.63, 3.8) is 0 Å². The van der Waals surface area contributed by atoms with Crippen molar-refractivity contribution in [2.75, 3.05) is 0 Å². The molecule has 2 aliphatic rings. The molecule has 3 rings (SSSR count). The third-order valence-electron chi connectivity index (χ3n) is 4.97. The first-order valence-electron chi connectivity index (χ1n) is 7.44. The average Bonchev–Trinajstić information content (AvgIpc) is 2.46. The van der Waals surface area contributed by atoms with E-state index >= 15 is 0 Å². The van der Waals surface area contributed by atoms with Gasteiger partial charge in [-0.3, -0.25) is 0 Å². The maximum atomic E-state index is 12.7. The smallest absolute Gasteiger partial charge is 0.182 e. The molecule has 1 fully saturated rings. The van der Waals surface area contributed by atoms with Crippen molar-refractivity contribution in [1.29, 1.82) is 0 Å². The molecule has 19 heavy (non-hydrogen) atoms. The summed E-state index contributed by atoms with van der Waals surface area (Å²) in [6.45, 7) is 4.57. The Morgan fingerprint density at radius 1 is 1.05 bits per heavy atom. The van der Waals surface area contributed by atoms with Crippen LogP contribution in [0.3, 0.4) is 0 Å². The number of fused-ring (bicyclic) bond motifs is 1. The second kappa shape index (κ2) is 4.36. The molecule has 1 aromatic rings. The van der Waals surface area contributed by atoms with Gasteiger partial charge in [-0.1, -0.05) is 38.5 Å². The Kier molecular flexibility index (Phi) is 2.92. The quantitative estimate of drug-likeness (QED) is 0.509. The van der Waals surface area contributed by atoms with Crippen molar-refractivity contribution in [2.24, 2.45) is 0 Å². The molecule has 1 aromatic carbocycles. The molecule has 0 aromatic heterocycles. The van der Waals surface area contributed by atoms with Gasteiger partial charge in [0.1, 0.15) is 0 Å². The molecule has 102 valence electrons. The standard InChI is InChI=1S/C17H23NO/c1-16(2)13-17(10-6-3-7-11-17)18(19)12-14-8-4-5-9-15(14)16/h4-5,8-9,12H,3,6-7,10-11,13H2,1-2H3. The minimum Gasteiger partial charge on any atom is -0.623 e. The predicted octanol–water partition coefficient (Wildman–Crippen LogP) is 4.00. The van der Waals surface area contributed by atoms with Gasteiger partial charge in [0, 0.05) is 24.8 Å². The van der Waals surface area contributed by atoms with Crippen LogP contribution in [-0.2, 0) is 5.41 Å². The lowest BCUT2D eigenvalue weighted by atomic mass is 9.69. The second-order valence-corrected chi connectivity index (χ2v) is 6.89. The van der Waals surface area contributed by atoms with Crippen molar-refractivity contribution in [3.05, 3.63) is 40.6 Å². The van der Waals surface area contributed by atoms with Crippen LogP contribution in [0.4, 0.5) is 0 Å². The molecule has 0 saturated heterocycles. The molecule has 1 aliphatic carbocycles. The highest BCUT2D eigenvalue weighted by atomic mass is 16.5. The molecular formula is C17H23NO. The molecule has 1 spiro atoms. The van der Waals surface area contributed by atoms with Gasteiger partial charge in [0.15, 0.2) is 11.8 Å². The normalized spacial score (nSPS) is 24.4. The molecule has 0 unspecified atom stereocenters. The van der Waals surface area contributed by atoms with E-state index in [9.17, 15) is 5.21 Å². The lowest BCUT2D eigenvalue weighted by Gasteiger charge is -2.39. The van der Waals surface area contributed by atoms with Gasteiger partial charge in [-0.15, -0.1) is 0 Å². The monoisotopic (exact) mass is 257 g/mol. The topological polar surface area (TPSA) is 26.1 Å². The summed E-state index contributed by atoms with van der Waals surface area (Å²) in [5.74, 6) is 0. The van der Waals surface area contributed by atoms with Crippen molar-refractivity contribution >= 4 is 6.21 Å². The first-order chi connectivity index (χ1) is 9.04. The number of hydrogen-bond acceptors (Lipinski definition) is 1. The highest BCUT2D eigenvalue weighted by Crippen LogP contribution is 2.44. The third-order valence-corrected chi connectivity index (χ3v) is 4.97. The van der Waals surface area contributed by atoms with Crippen molar-refractivity contribution in [1.82, 2.24) is 0 Å². The van der Waals surface area contributed by atoms with Crippen LogP contribution in [0.5, 0.6) is 0 Å². The number of benzene rings is 1. The third kappa shape index (κ3) is 2.07. The van der Waals surface area contributed by atoms with Crippen LogP contribution in [0, 0.1) is 5.21 Å². The van der Waals surface area contributed by atoms with E-state index in [0.29, 0.717) is 0 Å². The molecule has 1 aliphatic heterocycles. The van der Waals surface area contributed by atoms with Crippen molar-refractivity contribution < 1.29 is 4.74 Å². The maximum Gasteiger partial charge on any atom is 0.182 e. The lowest BCUT2D eigenvalue weighted by Crippen LogP contribution is -2.45. The minimum absolute atomic E-state index is 0.0730. The van der Waals surface area contributed by atoms with Crippen LogP contribution >= 0.6 is 0 Å².